The first-order chi connectivity index (χ1) is 12.7. The van der Waals surface area contributed by atoms with Crippen molar-refractivity contribution in [3.8, 4) is 0 Å². The van der Waals surface area contributed by atoms with Crippen LogP contribution in [-0.2, 0) is 4.74 Å². The first-order valence-electron chi connectivity index (χ1n) is 9.46. The predicted molar refractivity (Wildman–Crippen MR) is 121 cm³/mol. The fraction of sp³-hybridized carbons (Fsp3) is 0.600. The summed E-state index contributed by atoms with van der Waals surface area (Å²) in [5, 5.41) is 9.69. The number of nitrogens with one attached hydrogen (secondary N) is 3. The monoisotopic (exact) mass is 488 g/mol. The summed E-state index contributed by atoms with van der Waals surface area (Å²) in [5.41, 5.74) is 1.05. The van der Waals surface area contributed by atoms with Gasteiger partial charge in [0, 0.05) is 46.0 Å². The second kappa shape index (κ2) is 12.9. The van der Waals surface area contributed by atoms with E-state index in [0.29, 0.717) is 17.5 Å². The van der Waals surface area contributed by atoms with Crippen molar-refractivity contribution in [3.63, 3.8) is 0 Å². The zero-order valence-electron chi connectivity index (χ0n) is 16.4. The Hall–Kier alpha value is -1.35. The Bertz CT molecular complexity index is 577. The molecular formula is C20H33IN4O2. The van der Waals surface area contributed by atoms with Gasteiger partial charge in [0.05, 0.1) is 0 Å². The largest absolute Gasteiger partial charge is 0.385 e. The standard InChI is InChI=1S/C20H32N4O2.HI/c1-21-19(24-16-20(10-6-11-20)12-15-26-2)23-14-7-13-22-18(25)17-8-4-3-5-9-17;/h3-5,8-9H,6-7,10-16H2,1-2H3,(H,22,25)(H2,21,23,24);1H. The van der Waals surface area contributed by atoms with Gasteiger partial charge in [-0.1, -0.05) is 24.6 Å². The zero-order valence-corrected chi connectivity index (χ0v) is 18.8. The molecular weight excluding hydrogens is 455 g/mol. The molecule has 1 saturated carbocycles. The van der Waals surface area contributed by atoms with Crippen LogP contribution in [0.5, 0.6) is 0 Å². The minimum Gasteiger partial charge on any atom is -0.385 e. The molecule has 3 N–H and O–H groups in total. The van der Waals surface area contributed by atoms with Gasteiger partial charge in [-0.2, -0.15) is 0 Å². The first kappa shape index (κ1) is 23.7. The normalized spacial score (nSPS) is 15.3. The number of nitrogens with zero attached hydrogens (tertiary/aromatic N) is 1. The quantitative estimate of drug-likeness (QED) is 0.205. The van der Waals surface area contributed by atoms with Crippen molar-refractivity contribution >= 4 is 35.8 Å². The molecule has 1 aliphatic carbocycles. The van der Waals surface area contributed by atoms with Crippen LogP contribution in [0, 0.1) is 5.41 Å². The van der Waals surface area contributed by atoms with Crippen molar-refractivity contribution in [2.75, 3.05) is 40.4 Å². The summed E-state index contributed by atoms with van der Waals surface area (Å²) in [6.07, 6.45) is 5.75. The van der Waals surface area contributed by atoms with E-state index in [2.05, 4.69) is 20.9 Å². The van der Waals surface area contributed by atoms with E-state index in [1.54, 1.807) is 14.2 Å². The van der Waals surface area contributed by atoms with E-state index in [4.69, 9.17) is 4.74 Å². The van der Waals surface area contributed by atoms with E-state index in [0.717, 1.165) is 38.5 Å². The summed E-state index contributed by atoms with van der Waals surface area (Å²) >= 11 is 0. The average molecular weight is 488 g/mol. The van der Waals surface area contributed by atoms with Crippen molar-refractivity contribution in [1.29, 1.82) is 0 Å². The molecule has 6 nitrogen and oxygen atoms in total. The molecule has 0 heterocycles. The van der Waals surface area contributed by atoms with Gasteiger partial charge in [-0.3, -0.25) is 9.79 Å². The van der Waals surface area contributed by atoms with Crippen LogP contribution in [0.3, 0.4) is 0 Å². The van der Waals surface area contributed by atoms with E-state index < -0.39 is 0 Å². The lowest BCUT2D eigenvalue weighted by molar-refractivity contribution is 0.0732. The third-order valence-electron chi connectivity index (χ3n) is 5.07. The van der Waals surface area contributed by atoms with Gasteiger partial charge in [0.15, 0.2) is 5.96 Å². The van der Waals surface area contributed by atoms with Crippen LogP contribution in [0.15, 0.2) is 35.3 Å². The predicted octanol–water partition coefficient (Wildman–Crippen LogP) is 2.80. The molecule has 1 aromatic carbocycles. The number of methoxy groups -OCH3 is 1. The van der Waals surface area contributed by atoms with E-state index in [-0.39, 0.29) is 29.9 Å². The van der Waals surface area contributed by atoms with Gasteiger partial charge < -0.3 is 20.7 Å². The van der Waals surface area contributed by atoms with Crippen LogP contribution in [0.1, 0.15) is 42.5 Å². The average Bonchev–Trinajstić information content (AvgIpc) is 2.65. The van der Waals surface area contributed by atoms with Crippen LogP contribution >= 0.6 is 24.0 Å². The molecule has 27 heavy (non-hydrogen) atoms. The van der Waals surface area contributed by atoms with Crippen molar-refractivity contribution in [2.24, 2.45) is 10.4 Å². The molecule has 0 aliphatic heterocycles. The third kappa shape index (κ3) is 8.04. The van der Waals surface area contributed by atoms with Gasteiger partial charge in [-0.05, 0) is 43.2 Å². The molecule has 1 amide bonds. The van der Waals surface area contributed by atoms with Gasteiger partial charge in [-0.25, -0.2) is 0 Å². The number of carbonyl (C=O) groups excluding carboxylic acids is 1. The summed E-state index contributed by atoms with van der Waals surface area (Å²) in [4.78, 5) is 16.2. The highest BCUT2D eigenvalue weighted by atomic mass is 127. The molecule has 1 fully saturated rings. The van der Waals surface area contributed by atoms with Crippen molar-refractivity contribution in [1.82, 2.24) is 16.0 Å². The maximum atomic E-state index is 12.0. The highest BCUT2D eigenvalue weighted by molar-refractivity contribution is 14.0. The fourth-order valence-electron chi connectivity index (χ4n) is 3.19. The Labute approximate surface area is 179 Å². The lowest BCUT2D eigenvalue weighted by atomic mass is 9.67. The summed E-state index contributed by atoms with van der Waals surface area (Å²) in [6, 6.07) is 9.28. The topological polar surface area (TPSA) is 74.8 Å². The van der Waals surface area contributed by atoms with Crippen LogP contribution < -0.4 is 16.0 Å². The zero-order chi connectivity index (χ0) is 18.7. The number of guanidine groups is 1. The lowest BCUT2D eigenvalue weighted by Crippen LogP contribution is -2.47. The summed E-state index contributed by atoms with van der Waals surface area (Å²) < 4.78 is 5.24. The number of benzene rings is 1. The second-order valence-corrected chi connectivity index (χ2v) is 6.92. The lowest BCUT2D eigenvalue weighted by Gasteiger charge is -2.42. The molecule has 0 aromatic heterocycles. The Morgan fingerprint density at radius 1 is 1.15 bits per heavy atom. The molecule has 0 bridgehead atoms. The molecule has 0 atom stereocenters. The molecule has 0 radical (unpaired) electrons. The van der Waals surface area contributed by atoms with Gasteiger partial charge in [0.1, 0.15) is 0 Å². The summed E-state index contributed by atoms with van der Waals surface area (Å²) in [7, 11) is 3.55. The smallest absolute Gasteiger partial charge is 0.251 e. The first-order valence-corrected chi connectivity index (χ1v) is 9.46. The molecule has 0 unspecified atom stereocenters. The fourth-order valence-corrected chi connectivity index (χ4v) is 3.19. The van der Waals surface area contributed by atoms with Gasteiger partial charge in [-0.15, -0.1) is 24.0 Å². The van der Waals surface area contributed by atoms with Gasteiger partial charge in [0.2, 0.25) is 0 Å². The van der Waals surface area contributed by atoms with Crippen molar-refractivity contribution in [2.45, 2.75) is 32.1 Å². The van der Waals surface area contributed by atoms with E-state index in [9.17, 15) is 4.79 Å². The molecule has 0 spiro atoms. The number of halogens is 1. The Balaban J connectivity index is 0.00000364. The Kier molecular flexibility index (Phi) is 11.3. The maximum absolute atomic E-state index is 12.0. The molecule has 2 rings (SSSR count). The van der Waals surface area contributed by atoms with Crippen LogP contribution in [-0.4, -0.2) is 52.3 Å². The van der Waals surface area contributed by atoms with Crippen molar-refractivity contribution in [3.05, 3.63) is 35.9 Å². The number of amides is 1. The van der Waals surface area contributed by atoms with Crippen molar-refractivity contribution < 1.29 is 9.53 Å². The van der Waals surface area contributed by atoms with Crippen LogP contribution in [0.25, 0.3) is 0 Å². The molecule has 7 heteroatoms. The summed E-state index contributed by atoms with van der Waals surface area (Å²) in [5.74, 6) is 0.793. The molecule has 1 aliphatic rings. The van der Waals surface area contributed by atoms with Gasteiger partial charge >= 0.3 is 0 Å². The second-order valence-electron chi connectivity index (χ2n) is 6.92. The third-order valence-corrected chi connectivity index (χ3v) is 5.07. The van der Waals surface area contributed by atoms with E-state index >= 15 is 0 Å². The molecule has 1 aromatic rings. The number of hydrogen-bond acceptors (Lipinski definition) is 3. The highest BCUT2D eigenvalue weighted by Crippen LogP contribution is 2.43. The minimum absolute atomic E-state index is 0. The van der Waals surface area contributed by atoms with Crippen LogP contribution in [0.4, 0.5) is 0 Å². The molecule has 152 valence electrons. The summed E-state index contributed by atoms with van der Waals surface area (Å²) in [6.45, 7) is 3.14. The van der Waals surface area contributed by atoms with Gasteiger partial charge in [0.25, 0.3) is 5.91 Å². The highest BCUT2D eigenvalue weighted by Gasteiger charge is 2.36. The van der Waals surface area contributed by atoms with E-state index in [1.807, 2.05) is 30.3 Å². The number of rotatable bonds is 10. The SMILES string of the molecule is CN=C(NCCCNC(=O)c1ccccc1)NCC1(CCOC)CCC1.I. The minimum atomic E-state index is -0.0295. The maximum Gasteiger partial charge on any atom is 0.251 e. The number of hydrogen-bond donors (Lipinski definition) is 3. The van der Waals surface area contributed by atoms with E-state index in [1.165, 1.54) is 19.3 Å². The number of carbonyl (C=O) groups is 1. The molecule has 0 saturated heterocycles. The number of aliphatic imine (C=N–C) groups is 1. The Morgan fingerprint density at radius 3 is 2.44 bits per heavy atom. The Morgan fingerprint density at radius 2 is 1.85 bits per heavy atom. The van der Waals surface area contributed by atoms with Crippen LogP contribution in [0.2, 0.25) is 0 Å². The number of ether oxygens (including phenoxy) is 1.